The number of benzene rings is 1. The Morgan fingerprint density at radius 2 is 2.25 bits per heavy atom. The van der Waals surface area contributed by atoms with Crippen molar-refractivity contribution in [3.05, 3.63) is 52.5 Å². The number of aryl methyl sites for hydroxylation is 1. The highest BCUT2D eigenvalue weighted by Gasteiger charge is 2.01. The Balaban J connectivity index is 2.37. The SMILES string of the molecule is Cn1cc(C=CCN=[N+]=[N-])c2ccccc21. The average molecular weight is 212 g/mol. The molecule has 2 aromatic rings. The minimum absolute atomic E-state index is 0.389. The third-order valence-electron chi connectivity index (χ3n) is 2.48. The van der Waals surface area contributed by atoms with Gasteiger partial charge in [0.25, 0.3) is 0 Å². The molecule has 0 radical (unpaired) electrons. The lowest BCUT2D eigenvalue weighted by atomic mass is 10.1. The molecule has 1 heterocycles. The second-order valence-electron chi connectivity index (χ2n) is 3.53. The zero-order chi connectivity index (χ0) is 11.4. The number of hydrogen-bond acceptors (Lipinski definition) is 1. The molecule has 0 bridgehead atoms. The van der Waals surface area contributed by atoms with E-state index in [1.54, 1.807) is 0 Å². The molecule has 0 fully saturated rings. The Morgan fingerprint density at radius 3 is 3.06 bits per heavy atom. The quantitative estimate of drug-likeness (QED) is 0.425. The number of hydrogen-bond donors (Lipinski definition) is 0. The molecule has 0 aliphatic carbocycles. The van der Waals surface area contributed by atoms with Crippen molar-refractivity contribution in [1.82, 2.24) is 4.57 Å². The molecule has 80 valence electrons. The summed E-state index contributed by atoms with van der Waals surface area (Å²) in [5.74, 6) is 0. The molecule has 0 atom stereocenters. The van der Waals surface area contributed by atoms with Gasteiger partial charge < -0.3 is 4.57 Å². The van der Waals surface area contributed by atoms with Gasteiger partial charge >= 0.3 is 0 Å². The molecule has 16 heavy (non-hydrogen) atoms. The topological polar surface area (TPSA) is 53.7 Å². The highest BCUT2D eigenvalue weighted by atomic mass is 15.1. The molecule has 2 rings (SSSR count). The van der Waals surface area contributed by atoms with Crippen LogP contribution in [0, 0.1) is 0 Å². The number of para-hydroxylation sites is 1. The van der Waals surface area contributed by atoms with E-state index in [-0.39, 0.29) is 0 Å². The molecule has 0 saturated carbocycles. The molecule has 0 amide bonds. The van der Waals surface area contributed by atoms with E-state index in [0.717, 1.165) is 5.56 Å². The minimum atomic E-state index is 0.389. The van der Waals surface area contributed by atoms with Crippen molar-refractivity contribution in [2.75, 3.05) is 6.54 Å². The molecule has 4 heteroatoms. The van der Waals surface area contributed by atoms with E-state index in [9.17, 15) is 0 Å². The number of aromatic nitrogens is 1. The second kappa shape index (κ2) is 4.55. The summed E-state index contributed by atoms with van der Waals surface area (Å²) in [4.78, 5) is 2.70. The van der Waals surface area contributed by atoms with E-state index in [4.69, 9.17) is 5.53 Å². The molecule has 0 aliphatic heterocycles. The molecule has 0 aliphatic rings. The van der Waals surface area contributed by atoms with Gasteiger partial charge in [-0.3, -0.25) is 0 Å². The lowest BCUT2D eigenvalue weighted by Crippen LogP contribution is -1.81. The summed E-state index contributed by atoms with van der Waals surface area (Å²) in [6.07, 6.45) is 5.91. The van der Waals surface area contributed by atoms with Gasteiger partial charge in [0.2, 0.25) is 0 Å². The van der Waals surface area contributed by atoms with Crippen LogP contribution in [-0.2, 0) is 7.05 Å². The summed E-state index contributed by atoms with van der Waals surface area (Å²) in [5.41, 5.74) is 10.5. The number of rotatable bonds is 3. The summed E-state index contributed by atoms with van der Waals surface area (Å²) in [6.45, 7) is 0.389. The summed E-state index contributed by atoms with van der Waals surface area (Å²) in [5, 5.41) is 4.67. The van der Waals surface area contributed by atoms with Gasteiger partial charge in [-0.05, 0) is 17.2 Å². The molecule has 0 N–H and O–H groups in total. The molecule has 0 unspecified atom stereocenters. The molecular weight excluding hydrogens is 200 g/mol. The molecule has 0 saturated heterocycles. The van der Waals surface area contributed by atoms with Gasteiger partial charge in [-0.1, -0.05) is 35.5 Å². The van der Waals surface area contributed by atoms with Crippen molar-refractivity contribution in [1.29, 1.82) is 0 Å². The van der Waals surface area contributed by atoms with Crippen LogP contribution < -0.4 is 0 Å². The Labute approximate surface area is 93.4 Å². The Hall–Kier alpha value is -2.19. The highest BCUT2D eigenvalue weighted by molar-refractivity contribution is 5.89. The van der Waals surface area contributed by atoms with E-state index < -0.39 is 0 Å². The summed E-state index contributed by atoms with van der Waals surface area (Å²) in [7, 11) is 2.02. The van der Waals surface area contributed by atoms with Crippen LogP contribution in [0.25, 0.3) is 27.4 Å². The number of azide groups is 1. The summed E-state index contributed by atoms with van der Waals surface area (Å²) in [6, 6.07) is 8.21. The van der Waals surface area contributed by atoms with Crippen LogP contribution in [0.1, 0.15) is 5.56 Å². The normalized spacial score (nSPS) is 10.8. The third kappa shape index (κ3) is 1.92. The first-order chi connectivity index (χ1) is 7.83. The van der Waals surface area contributed by atoms with E-state index in [1.807, 2.05) is 31.3 Å². The predicted molar refractivity (Wildman–Crippen MR) is 66.0 cm³/mol. The van der Waals surface area contributed by atoms with E-state index >= 15 is 0 Å². The van der Waals surface area contributed by atoms with E-state index in [0.29, 0.717) is 6.54 Å². The summed E-state index contributed by atoms with van der Waals surface area (Å²) < 4.78 is 2.09. The maximum Gasteiger partial charge on any atom is 0.0483 e. The first kappa shape index (κ1) is 10.3. The van der Waals surface area contributed by atoms with Crippen molar-refractivity contribution in [3.63, 3.8) is 0 Å². The van der Waals surface area contributed by atoms with Crippen molar-refractivity contribution in [3.8, 4) is 0 Å². The van der Waals surface area contributed by atoms with Gasteiger partial charge in [-0.2, -0.15) is 0 Å². The van der Waals surface area contributed by atoms with Crippen molar-refractivity contribution in [2.45, 2.75) is 0 Å². The van der Waals surface area contributed by atoms with Gasteiger partial charge in [-0.25, -0.2) is 0 Å². The largest absolute Gasteiger partial charge is 0.350 e. The van der Waals surface area contributed by atoms with Crippen molar-refractivity contribution < 1.29 is 0 Å². The number of nitrogens with zero attached hydrogens (tertiary/aromatic N) is 4. The minimum Gasteiger partial charge on any atom is -0.350 e. The van der Waals surface area contributed by atoms with Gasteiger partial charge in [0, 0.05) is 35.6 Å². The lowest BCUT2D eigenvalue weighted by Gasteiger charge is -1.92. The standard InChI is InChI=1S/C12H12N4/c1-16-9-10(5-4-8-14-15-13)11-6-2-3-7-12(11)16/h2-7,9H,8H2,1H3. The van der Waals surface area contributed by atoms with E-state index in [2.05, 4.69) is 32.9 Å². The van der Waals surface area contributed by atoms with Crippen LogP contribution in [0.3, 0.4) is 0 Å². The van der Waals surface area contributed by atoms with Crippen LogP contribution in [-0.4, -0.2) is 11.1 Å². The van der Waals surface area contributed by atoms with Gasteiger partial charge in [-0.15, -0.1) is 0 Å². The Morgan fingerprint density at radius 1 is 1.44 bits per heavy atom. The molecule has 0 spiro atoms. The van der Waals surface area contributed by atoms with Crippen LogP contribution in [0.4, 0.5) is 0 Å². The van der Waals surface area contributed by atoms with Gasteiger partial charge in [0.05, 0.1) is 0 Å². The van der Waals surface area contributed by atoms with Crippen LogP contribution in [0.5, 0.6) is 0 Å². The summed E-state index contributed by atoms with van der Waals surface area (Å²) >= 11 is 0. The second-order valence-corrected chi connectivity index (χ2v) is 3.53. The smallest absolute Gasteiger partial charge is 0.0483 e. The van der Waals surface area contributed by atoms with Crippen molar-refractivity contribution >= 4 is 17.0 Å². The fourth-order valence-electron chi connectivity index (χ4n) is 1.77. The third-order valence-corrected chi connectivity index (χ3v) is 2.48. The molecule has 1 aromatic carbocycles. The highest BCUT2D eigenvalue weighted by Crippen LogP contribution is 2.21. The van der Waals surface area contributed by atoms with Gasteiger partial charge in [0.15, 0.2) is 0 Å². The lowest BCUT2D eigenvalue weighted by molar-refractivity contribution is 0.968. The van der Waals surface area contributed by atoms with Crippen LogP contribution in [0.2, 0.25) is 0 Å². The zero-order valence-corrected chi connectivity index (χ0v) is 9.04. The number of fused-ring (bicyclic) bond motifs is 1. The van der Waals surface area contributed by atoms with Crippen molar-refractivity contribution in [2.24, 2.45) is 12.2 Å². The maximum atomic E-state index is 8.16. The molecule has 1 aromatic heterocycles. The fourth-order valence-corrected chi connectivity index (χ4v) is 1.77. The van der Waals surface area contributed by atoms with Crippen LogP contribution in [0.15, 0.2) is 41.7 Å². The Bertz CT molecular complexity index is 574. The first-order valence-electron chi connectivity index (χ1n) is 5.04. The zero-order valence-electron chi connectivity index (χ0n) is 9.04. The molecule has 4 nitrogen and oxygen atoms in total. The van der Waals surface area contributed by atoms with Crippen LogP contribution >= 0.6 is 0 Å². The first-order valence-corrected chi connectivity index (χ1v) is 5.04. The fraction of sp³-hybridized carbons (Fsp3) is 0.167. The average Bonchev–Trinajstić information content (AvgIpc) is 2.63. The monoisotopic (exact) mass is 212 g/mol. The maximum absolute atomic E-state index is 8.16. The molecular formula is C12H12N4. The van der Waals surface area contributed by atoms with Gasteiger partial charge in [0.1, 0.15) is 0 Å². The Kier molecular flexibility index (Phi) is 2.94. The van der Waals surface area contributed by atoms with E-state index in [1.165, 1.54) is 10.9 Å². The predicted octanol–water partition coefficient (Wildman–Crippen LogP) is 3.50.